The Morgan fingerprint density at radius 2 is 1.72 bits per heavy atom. The molecule has 0 N–H and O–H groups in total. The van der Waals surface area contributed by atoms with Gasteiger partial charge in [-0.1, -0.05) is 29.8 Å². The van der Waals surface area contributed by atoms with Crippen LogP contribution in [0.15, 0.2) is 70.4 Å². The number of benzene rings is 3. The van der Waals surface area contributed by atoms with Crippen LogP contribution in [0.25, 0.3) is 26.2 Å². The first-order chi connectivity index (χ1) is 15.1. The van der Waals surface area contributed by atoms with Gasteiger partial charge in [-0.25, -0.2) is 0 Å². The lowest BCUT2D eigenvalue weighted by atomic mass is 10.00. The molecule has 1 aliphatic rings. The van der Waals surface area contributed by atoms with E-state index < -0.39 is 15.7 Å². The smallest absolute Gasteiger partial charge is 0.339 e. The first-order valence-electron chi connectivity index (χ1n) is 10.1. The summed E-state index contributed by atoms with van der Waals surface area (Å²) in [4.78, 5) is 13.5. The van der Waals surface area contributed by atoms with Crippen LogP contribution in [0.3, 0.4) is 0 Å². The van der Waals surface area contributed by atoms with Crippen molar-refractivity contribution in [1.82, 2.24) is 0 Å². The molecular formula is C25H20O5S2. The van der Waals surface area contributed by atoms with Crippen molar-refractivity contribution in [2.24, 2.45) is 0 Å². The molecule has 7 heteroatoms. The molecule has 0 radical (unpaired) electrons. The number of rotatable bonds is 3. The maximum atomic E-state index is 13.5. The molecule has 0 saturated carbocycles. The van der Waals surface area contributed by atoms with Crippen molar-refractivity contribution in [2.45, 2.75) is 31.3 Å². The molecule has 162 valence electrons. The van der Waals surface area contributed by atoms with Gasteiger partial charge in [-0.3, -0.25) is 4.79 Å². The number of hydrogen-bond acceptors (Lipinski definition) is 6. The number of aryl methyl sites for hydroxylation is 1. The molecule has 4 aromatic rings. The predicted octanol–water partition coefficient (Wildman–Crippen LogP) is 5.68. The Kier molecular flexibility index (Phi) is 4.65. The van der Waals surface area contributed by atoms with E-state index in [1.165, 1.54) is 23.5 Å². The molecule has 5 nitrogen and oxygen atoms in total. The van der Waals surface area contributed by atoms with E-state index in [2.05, 4.69) is 0 Å². The summed E-state index contributed by atoms with van der Waals surface area (Å²) in [6.07, 6.45) is 3.58. The lowest BCUT2D eigenvalue weighted by Crippen LogP contribution is -2.28. The highest BCUT2D eigenvalue weighted by molar-refractivity contribution is 7.87. The highest BCUT2D eigenvalue weighted by Crippen LogP contribution is 2.44. The van der Waals surface area contributed by atoms with Crippen molar-refractivity contribution < 1.29 is 17.3 Å². The molecular weight excluding hydrogens is 444 g/mol. The second kappa shape index (κ2) is 7.18. The van der Waals surface area contributed by atoms with Crippen LogP contribution in [-0.4, -0.2) is 14.0 Å². The minimum atomic E-state index is -4.18. The Morgan fingerprint density at radius 1 is 1.00 bits per heavy atom. The van der Waals surface area contributed by atoms with Crippen LogP contribution in [0.1, 0.15) is 25.0 Å². The van der Waals surface area contributed by atoms with Gasteiger partial charge in [0.05, 0.1) is 10.9 Å². The lowest BCUT2D eigenvalue weighted by Gasteiger charge is -2.29. The van der Waals surface area contributed by atoms with Gasteiger partial charge in [0.25, 0.3) is 0 Å². The molecule has 0 bridgehead atoms. The zero-order valence-electron chi connectivity index (χ0n) is 17.7. The summed E-state index contributed by atoms with van der Waals surface area (Å²) in [5.41, 5.74) is 0.520. The molecule has 0 unspecified atom stereocenters. The second-order valence-corrected chi connectivity index (χ2v) is 10.9. The summed E-state index contributed by atoms with van der Waals surface area (Å²) < 4.78 is 39.5. The van der Waals surface area contributed by atoms with E-state index in [4.69, 9.17) is 8.92 Å². The van der Waals surface area contributed by atoms with Gasteiger partial charge in [0, 0.05) is 14.8 Å². The fraction of sp³-hybridized carbons (Fsp3) is 0.160. The van der Waals surface area contributed by atoms with Crippen LogP contribution < -0.4 is 14.3 Å². The van der Waals surface area contributed by atoms with Crippen LogP contribution in [0.4, 0.5) is 0 Å². The van der Waals surface area contributed by atoms with Crippen molar-refractivity contribution in [3.05, 3.63) is 82.0 Å². The van der Waals surface area contributed by atoms with Crippen LogP contribution in [0.5, 0.6) is 11.5 Å². The third kappa shape index (κ3) is 3.47. The highest BCUT2D eigenvalue weighted by atomic mass is 32.2. The van der Waals surface area contributed by atoms with Crippen LogP contribution in [0.2, 0.25) is 0 Å². The fourth-order valence-corrected chi connectivity index (χ4v) is 5.78. The van der Waals surface area contributed by atoms with Gasteiger partial charge in [0.2, 0.25) is 0 Å². The minimum absolute atomic E-state index is 0.00294. The Morgan fingerprint density at radius 3 is 2.47 bits per heavy atom. The van der Waals surface area contributed by atoms with Gasteiger partial charge in [0.1, 0.15) is 16.2 Å². The maximum absolute atomic E-state index is 13.5. The molecule has 0 fully saturated rings. The van der Waals surface area contributed by atoms with E-state index in [0.717, 1.165) is 10.3 Å². The molecule has 0 spiro atoms. The van der Waals surface area contributed by atoms with Crippen LogP contribution in [-0.2, 0) is 10.1 Å². The summed E-state index contributed by atoms with van der Waals surface area (Å²) in [7, 11) is -4.18. The van der Waals surface area contributed by atoms with E-state index in [0.29, 0.717) is 21.4 Å². The van der Waals surface area contributed by atoms with Gasteiger partial charge in [-0.15, -0.1) is 11.3 Å². The van der Waals surface area contributed by atoms with Gasteiger partial charge < -0.3 is 8.92 Å². The van der Waals surface area contributed by atoms with Gasteiger partial charge in [-0.05, 0) is 63.3 Å². The highest BCUT2D eigenvalue weighted by Gasteiger charge is 2.29. The quantitative estimate of drug-likeness (QED) is 0.288. The molecule has 2 heterocycles. The summed E-state index contributed by atoms with van der Waals surface area (Å²) in [6, 6.07) is 15.4. The Hall–Kier alpha value is -3.16. The molecule has 0 amide bonds. The molecule has 1 aromatic heterocycles. The molecule has 3 aromatic carbocycles. The summed E-state index contributed by atoms with van der Waals surface area (Å²) in [5, 5.41) is 0.750. The normalized spacial score (nSPS) is 14.8. The lowest BCUT2D eigenvalue weighted by molar-refractivity contribution is 0.159. The average Bonchev–Trinajstić information content (AvgIpc) is 2.73. The molecule has 1 aliphatic heterocycles. The SMILES string of the molecule is Cc1ccc(S(=O)(=O)Oc2c3c(cc4sc5ccccc5c(=O)c24)OC(C)(C)C=C3)cc1. The minimum Gasteiger partial charge on any atom is -0.483 e. The third-order valence-electron chi connectivity index (χ3n) is 5.35. The number of fused-ring (bicyclic) bond motifs is 3. The van der Waals surface area contributed by atoms with E-state index in [1.807, 2.05) is 39.0 Å². The van der Waals surface area contributed by atoms with E-state index >= 15 is 0 Å². The third-order valence-corrected chi connectivity index (χ3v) is 7.70. The molecule has 0 aliphatic carbocycles. The fourth-order valence-electron chi connectivity index (χ4n) is 3.71. The molecule has 5 rings (SSSR count). The van der Waals surface area contributed by atoms with Crippen molar-refractivity contribution in [1.29, 1.82) is 0 Å². The van der Waals surface area contributed by atoms with Gasteiger partial charge >= 0.3 is 10.1 Å². The molecule has 0 saturated heterocycles. The zero-order valence-corrected chi connectivity index (χ0v) is 19.3. The molecule has 0 atom stereocenters. The van der Waals surface area contributed by atoms with E-state index in [-0.39, 0.29) is 21.5 Å². The van der Waals surface area contributed by atoms with Gasteiger partial charge in [0.15, 0.2) is 11.2 Å². The first kappa shape index (κ1) is 20.7. The summed E-state index contributed by atoms with van der Waals surface area (Å²) in [6.45, 7) is 5.69. The summed E-state index contributed by atoms with van der Waals surface area (Å²) >= 11 is 1.40. The van der Waals surface area contributed by atoms with E-state index in [9.17, 15) is 13.2 Å². The Balaban J connectivity index is 1.82. The average molecular weight is 465 g/mol. The summed E-state index contributed by atoms with van der Waals surface area (Å²) in [5.74, 6) is 0.474. The molecule has 32 heavy (non-hydrogen) atoms. The zero-order chi connectivity index (χ0) is 22.7. The second-order valence-electron chi connectivity index (χ2n) is 8.31. The van der Waals surface area contributed by atoms with Crippen LogP contribution >= 0.6 is 11.3 Å². The van der Waals surface area contributed by atoms with Gasteiger partial charge in [-0.2, -0.15) is 8.42 Å². The largest absolute Gasteiger partial charge is 0.483 e. The first-order valence-corrected chi connectivity index (χ1v) is 12.3. The van der Waals surface area contributed by atoms with E-state index in [1.54, 1.807) is 36.4 Å². The Labute approximate surface area is 189 Å². The predicted molar refractivity (Wildman–Crippen MR) is 128 cm³/mol. The monoisotopic (exact) mass is 464 g/mol. The number of ether oxygens (including phenoxy) is 1. The van der Waals surface area contributed by atoms with Crippen molar-refractivity contribution in [2.75, 3.05) is 0 Å². The maximum Gasteiger partial charge on any atom is 0.339 e. The van der Waals surface area contributed by atoms with Crippen molar-refractivity contribution >= 4 is 47.7 Å². The van der Waals surface area contributed by atoms with Crippen LogP contribution in [0, 0.1) is 6.92 Å². The van der Waals surface area contributed by atoms with Crippen molar-refractivity contribution in [3.63, 3.8) is 0 Å². The standard InChI is InChI=1S/C25H20O5S2/c1-15-8-10-16(11-9-15)32(27,28)30-24-17-12-13-25(2,3)29-19(17)14-21-22(24)23(26)18-6-4-5-7-20(18)31-21/h4-14H,1-3H3. The topological polar surface area (TPSA) is 69.7 Å². The van der Waals surface area contributed by atoms with Crippen molar-refractivity contribution in [3.8, 4) is 11.5 Å². The number of hydrogen-bond donors (Lipinski definition) is 0. The Bertz CT molecular complexity index is 1580.